The van der Waals surface area contributed by atoms with Crippen LogP contribution in [0, 0.1) is 11.8 Å². The standard InChI is InChI=1S/C21H32O4/c1-6-7-16-8-10-17(11-9-16)12-13-18(19(22)23)14-15(2)20(24)25-21(3,4)5/h8-11,15,18H,6-7,12-14H2,1-5H3,(H,22,23). The maximum atomic E-state index is 12.1. The van der Waals surface area contributed by atoms with E-state index >= 15 is 0 Å². The molecule has 4 nitrogen and oxygen atoms in total. The van der Waals surface area contributed by atoms with Crippen LogP contribution >= 0.6 is 0 Å². The van der Waals surface area contributed by atoms with Crippen molar-refractivity contribution in [3.63, 3.8) is 0 Å². The molecule has 0 aromatic heterocycles. The number of carbonyl (C=O) groups excluding carboxylic acids is 1. The average Bonchev–Trinajstić information content (AvgIpc) is 2.51. The zero-order valence-electron chi connectivity index (χ0n) is 16.2. The lowest BCUT2D eigenvalue weighted by Gasteiger charge is -2.23. The number of hydrogen-bond donors (Lipinski definition) is 1. The van der Waals surface area contributed by atoms with Crippen LogP contribution in [0.25, 0.3) is 0 Å². The summed E-state index contributed by atoms with van der Waals surface area (Å²) in [5, 5.41) is 9.48. The number of aliphatic carboxylic acids is 1. The number of carboxylic acid groups (broad SMARTS) is 1. The molecule has 0 saturated carbocycles. The molecule has 0 amide bonds. The van der Waals surface area contributed by atoms with Crippen LogP contribution in [-0.4, -0.2) is 22.6 Å². The van der Waals surface area contributed by atoms with E-state index in [4.69, 9.17) is 4.74 Å². The van der Waals surface area contributed by atoms with Crippen LogP contribution in [0.2, 0.25) is 0 Å². The molecule has 1 N–H and O–H groups in total. The van der Waals surface area contributed by atoms with E-state index in [1.165, 1.54) is 5.56 Å². The molecule has 25 heavy (non-hydrogen) atoms. The predicted molar refractivity (Wildman–Crippen MR) is 99.5 cm³/mol. The van der Waals surface area contributed by atoms with Gasteiger partial charge in [-0.05, 0) is 57.6 Å². The Balaban J connectivity index is 2.59. The second-order valence-corrected chi connectivity index (χ2v) is 7.81. The molecule has 0 radical (unpaired) electrons. The summed E-state index contributed by atoms with van der Waals surface area (Å²) in [5.41, 5.74) is 1.89. The Morgan fingerprint density at radius 1 is 1.08 bits per heavy atom. The molecule has 0 fully saturated rings. The van der Waals surface area contributed by atoms with E-state index in [2.05, 4.69) is 31.2 Å². The van der Waals surface area contributed by atoms with Gasteiger partial charge in [-0.15, -0.1) is 0 Å². The van der Waals surface area contributed by atoms with Gasteiger partial charge in [-0.1, -0.05) is 44.5 Å². The van der Waals surface area contributed by atoms with Crippen LogP contribution in [0.4, 0.5) is 0 Å². The van der Waals surface area contributed by atoms with Gasteiger partial charge < -0.3 is 9.84 Å². The van der Waals surface area contributed by atoms with Gasteiger partial charge >= 0.3 is 11.9 Å². The highest BCUT2D eigenvalue weighted by molar-refractivity contribution is 5.75. The first kappa shape index (κ1) is 21.2. The molecule has 1 aromatic rings. The van der Waals surface area contributed by atoms with E-state index in [9.17, 15) is 14.7 Å². The first-order valence-corrected chi connectivity index (χ1v) is 9.16. The number of carboxylic acids is 1. The summed E-state index contributed by atoms with van der Waals surface area (Å²) in [7, 11) is 0. The van der Waals surface area contributed by atoms with Crippen molar-refractivity contribution in [3.05, 3.63) is 35.4 Å². The lowest BCUT2D eigenvalue weighted by atomic mass is 9.90. The van der Waals surface area contributed by atoms with Gasteiger partial charge in [0.05, 0.1) is 11.8 Å². The minimum absolute atomic E-state index is 0.304. The van der Waals surface area contributed by atoms with Crippen LogP contribution in [0.1, 0.15) is 65.0 Å². The summed E-state index contributed by atoms with van der Waals surface area (Å²) in [5.74, 6) is -2.15. The molecule has 2 atom stereocenters. The number of ether oxygens (including phenoxy) is 1. The second-order valence-electron chi connectivity index (χ2n) is 7.81. The first-order valence-electron chi connectivity index (χ1n) is 9.16. The summed E-state index contributed by atoms with van der Waals surface area (Å²) in [6.45, 7) is 9.33. The Kier molecular flexibility index (Phi) is 8.14. The van der Waals surface area contributed by atoms with Gasteiger partial charge in [0.25, 0.3) is 0 Å². The zero-order chi connectivity index (χ0) is 19.0. The molecule has 140 valence electrons. The number of aryl methyl sites for hydroxylation is 2. The third-order valence-corrected chi connectivity index (χ3v) is 4.14. The van der Waals surface area contributed by atoms with E-state index in [0.29, 0.717) is 19.3 Å². The van der Waals surface area contributed by atoms with E-state index in [1.54, 1.807) is 6.92 Å². The van der Waals surface area contributed by atoms with E-state index < -0.39 is 23.4 Å². The molecule has 0 heterocycles. The third kappa shape index (κ3) is 8.19. The molecule has 0 aliphatic carbocycles. The molecule has 0 aliphatic rings. The van der Waals surface area contributed by atoms with Crippen molar-refractivity contribution in [3.8, 4) is 0 Å². The Morgan fingerprint density at radius 2 is 1.60 bits per heavy atom. The van der Waals surface area contributed by atoms with Gasteiger partial charge in [0.1, 0.15) is 5.60 Å². The van der Waals surface area contributed by atoms with E-state index in [1.807, 2.05) is 20.8 Å². The zero-order valence-corrected chi connectivity index (χ0v) is 16.2. The SMILES string of the molecule is CCCc1ccc(CCC(CC(C)C(=O)OC(C)(C)C)C(=O)O)cc1. The lowest BCUT2D eigenvalue weighted by molar-refractivity contribution is -0.160. The van der Waals surface area contributed by atoms with Crippen molar-refractivity contribution in [2.24, 2.45) is 11.8 Å². The number of esters is 1. The molecular weight excluding hydrogens is 316 g/mol. The van der Waals surface area contributed by atoms with Crippen LogP contribution in [-0.2, 0) is 27.2 Å². The van der Waals surface area contributed by atoms with Gasteiger partial charge in [0.2, 0.25) is 0 Å². The summed E-state index contributed by atoms with van der Waals surface area (Å²) in [6.07, 6.45) is 3.70. The Hall–Kier alpha value is -1.84. The molecular formula is C21H32O4. The predicted octanol–water partition coefficient (Wildman–Crippen LogP) is 4.64. The summed E-state index contributed by atoms with van der Waals surface area (Å²) in [6, 6.07) is 8.36. The van der Waals surface area contributed by atoms with Crippen molar-refractivity contribution in [2.75, 3.05) is 0 Å². The normalized spacial score (nSPS) is 14.0. The number of benzene rings is 1. The quantitative estimate of drug-likeness (QED) is 0.660. The van der Waals surface area contributed by atoms with Crippen molar-refractivity contribution in [2.45, 2.75) is 72.3 Å². The lowest BCUT2D eigenvalue weighted by Crippen LogP contribution is -2.29. The van der Waals surface area contributed by atoms with Gasteiger partial charge in [-0.3, -0.25) is 9.59 Å². The van der Waals surface area contributed by atoms with Crippen molar-refractivity contribution < 1.29 is 19.4 Å². The Bertz CT molecular complexity index is 554. The Morgan fingerprint density at radius 3 is 2.04 bits per heavy atom. The van der Waals surface area contributed by atoms with Gasteiger partial charge in [0.15, 0.2) is 0 Å². The fraction of sp³-hybridized carbons (Fsp3) is 0.619. The van der Waals surface area contributed by atoms with Crippen LogP contribution in [0.15, 0.2) is 24.3 Å². The minimum Gasteiger partial charge on any atom is -0.481 e. The molecule has 0 spiro atoms. The first-order chi connectivity index (χ1) is 11.6. The summed E-state index contributed by atoms with van der Waals surface area (Å²) < 4.78 is 5.35. The number of rotatable bonds is 9. The van der Waals surface area contributed by atoms with E-state index in [0.717, 1.165) is 18.4 Å². The number of hydrogen-bond acceptors (Lipinski definition) is 3. The maximum Gasteiger partial charge on any atom is 0.309 e. The molecule has 0 saturated heterocycles. The molecule has 1 aromatic carbocycles. The third-order valence-electron chi connectivity index (χ3n) is 4.14. The van der Waals surface area contributed by atoms with E-state index in [-0.39, 0.29) is 5.97 Å². The average molecular weight is 348 g/mol. The molecule has 2 unspecified atom stereocenters. The highest BCUT2D eigenvalue weighted by Gasteiger charge is 2.27. The monoisotopic (exact) mass is 348 g/mol. The van der Waals surface area contributed by atoms with Gasteiger partial charge in [0, 0.05) is 0 Å². The largest absolute Gasteiger partial charge is 0.481 e. The Labute approximate surface area is 151 Å². The maximum absolute atomic E-state index is 12.1. The van der Waals surface area contributed by atoms with Crippen LogP contribution < -0.4 is 0 Å². The van der Waals surface area contributed by atoms with Crippen molar-refractivity contribution in [1.82, 2.24) is 0 Å². The van der Waals surface area contributed by atoms with Gasteiger partial charge in [-0.25, -0.2) is 0 Å². The highest BCUT2D eigenvalue weighted by Crippen LogP contribution is 2.22. The highest BCUT2D eigenvalue weighted by atomic mass is 16.6. The molecule has 1 rings (SSSR count). The summed E-state index contributed by atoms with van der Waals surface area (Å²) in [4.78, 5) is 23.6. The fourth-order valence-corrected chi connectivity index (χ4v) is 2.77. The fourth-order valence-electron chi connectivity index (χ4n) is 2.77. The van der Waals surface area contributed by atoms with Crippen molar-refractivity contribution in [1.29, 1.82) is 0 Å². The topological polar surface area (TPSA) is 63.6 Å². The minimum atomic E-state index is -0.849. The van der Waals surface area contributed by atoms with Crippen LogP contribution in [0.5, 0.6) is 0 Å². The number of carbonyl (C=O) groups is 2. The van der Waals surface area contributed by atoms with Crippen LogP contribution in [0.3, 0.4) is 0 Å². The molecule has 0 bridgehead atoms. The second kappa shape index (κ2) is 9.59. The molecule has 0 aliphatic heterocycles. The smallest absolute Gasteiger partial charge is 0.309 e. The molecule has 4 heteroatoms. The summed E-state index contributed by atoms with van der Waals surface area (Å²) >= 11 is 0. The van der Waals surface area contributed by atoms with Crippen molar-refractivity contribution >= 4 is 11.9 Å². The van der Waals surface area contributed by atoms with Gasteiger partial charge in [-0.2, -0.15) is 0 Å².